The van der Waals surface area contributed by atoms with E-state index < -0.39 is 0 Å². The molecule has 0 unspecified atom stereocenters. The highest BCUT2D eigenvalue weighted by molar-refractivity contribution is 5.86. The van der Waals surface area contributed by atoms with E-state index in [1.165, 1.54) is 47.9 Å². The molecule has 2 aliphatic rings. The Kier molecular flexibility index (Phi) is 13.5. The zero-order valence-corrected chi connectivity index (χ0v) is 30.5. The second kappa shape index (κ2) is 17.7. The molecule has 0 aliphatic heterocycles. The van der Waals surface area contributed by atoms with Gasteiger partial charge in [0.2, 0.25) is 17.1 Å². The number of hydrogen-bond acceptors (Lipinski definition) is 7. The number of carbonyl (C=O) groups excluding carboxylic acids is 1. The van der Waals surface area contributed by atoms with Crippen LogP contribution in [0, 0.1) is 0 Å². The molecule has 1 atom stereocenters. The topological polar surface area (TPSA) is 95.1 Å². The summed E-state index contributed by atoms with van der Waals surface area (Å²) in [5.74, 6) is 1.60. The summed E-state index contributed by atoms with van der Waals surface area (Å²) in [4.78, 5) is 24.5. The highest BCUT2D eigenvalue weighted by Gasteiger charge is 2.29. The first-order valence-corrected chi connectivity index (χ1v) is 16.7. The molecule has 0 radical (unpaired) electrons. The average Bonchev–Trinajstić information content (AvgIpc) is 3.45. The highest BCUT2D eigenvalue weighted by atomic mass is 35.5. The van der Waals surface area contributed by atoms with Gasteiger partial charge in [-0.2, -0.15) is 0 Å². The summed E-state index contributed by atoms with van der Waals surface area (Å²) in [6.07, 6.45) is 6.99. The van der Waals surface area contributed by atoms with Crippen molar-refractivity contribution < 1.29 is 23.7 Å². The van der Waals surface area contributed by atoms with E-state index in [4.69, 9.17) is 18.9 Å². The van der Waals surface area contributed by atoms with Crippen LogP contribution in [0.5, 0.6) is 23.0 Å². The summed E-state index contributed by atoms with van der Waals surface area (Å²) in [6, 6.07) is 24.3. The van der Waals surface area contributed by atoms with Crippen LogP contribution in [0.25, 0.3) is 16.7 Å². The summed E-state index contributed by atoms with van der Waals surface area (Å²) < 4.78 is 22.0. The Morgan fingerprint density at radius 2 is 1.38 bits per heavy atom. The van der Waals surface area contributed by atoms with Crippen molar-refractivity contribution in [3.63, 3.8) is 0 Å². The Morgan fingerprint density at radius 1 is 0.760 bits per heavy atom. The Morgan fingerprint density at radius 3 is 1.94 bits per heavy atom. The van der Waals surface area contributed by atoms with Crippen LogP contribution in [0.2, 0.25) is 0 Å². The van der Waals surface area contributed by atoms with Gasteiger partial charge in [-0.25, -0.2) is 0 Å². The first-order valence-electron chi connectivity index (χ1n) is 16.7. The third kappa shape index (κ3) is 8.15. The molecule has 4 aromatic rings. The minimum absolute atomic E-state index is 0. The Bertz CT molecular complexity index is 1860. The third-order valence-corrected chi connectivity index (χ3v) is 9.12. The maximum Gasteiger partial charge on any atom is 0.220 e. The van der Waals surface area contributed by atoms with Gasteiger partial charge >= 0.3 is 0 Å². The van der Waals surface area contributed by atoms with E-state index in [0.29, 0.717) is 35.7 Å². The van der Waals surface area contributed by atoms with Crippen LogP contribution in [0.15, 0.2) is 83.7 Å². The molecule has 264 valence electrons. The number of hydrogen-bond donors (Lipinski definition) is 2. The maximum atomic E-state index is 12.6. The molecule has 8 nitrogen and oxygen atoms in total. The van der Waals surface area contributed by atoms with Gasteiger partial charge in [-0.1, -0.05) is 60.7 Å². The predicted octanol–water partition coefficient (Wildman–Crippen LogP) is 7.12. The van der Waals surface area contributed by atoms with Gasteiger partial charge < -0.3 is 29.6 Å². The number of benzene rings is 3. The lowest BCUT2D eigenvalue weighted by atomic mass is 9.93. The van der Waals surface area contributed by atoms with Crippen molar-refractivity contribution in [2.75, 3.05) is 42.0 Å². The highest BCUT2D eigenvalue weighted by Crippen LogP contribution is 2.50. The molecule has 0 spiro atoms. The van der Waals surface area contributed by atoms with Gasteiger partial charge in [0.15, 0.2) is 17.2 Å². The second-order valence-electron chi connectivity index (χ2n) is 12.1. The number of aryl methyl sites for hydroxylation is 3. The van der Waals surface area contributed by atoms with E-state index in [1.54, 1.807) is 27.4 Å². The fourth-order valence-electron chi connectivity index (χ4n) is 6.86. The van der Waals surface area contributed by atoms with Crippen LogP contribution in [0.4, 0.5) is 0 Å². The molecule has 50 heavy (non-hydrogen) atoms. The summed E-state index contributed by atoms with van der Waals surface area (Å²) in [5.41, 5.74) is 10.2. The lowest BCUT2D eigenvalue weighted by Crippen LogP contribution is -2.26. The predicted molar refractivity (Wildman–Crippen MR) is 202 cm³/mol. The lowest BCUT2D eigenvalue weighted by molar-refractivity contribution is -0.119. The normalized spacial score (nSPS) is 13.9. The van der Waals surface area contributed by atoms with Gasteiger partial charge in [0.05, 0.1) is 34.5 Å². The monoisotopic (exact) mass is 698 g/mol. The number of carbonyl (C=O) groups is 1. The van der Waals surface area contributed by atoms with Crippen LogP contribution in [-0.4, -0.2) is 47.9 Å². The minimum Gasteiger partial charge on any atom is -0.493 e. The van der Waals surface area contributed by atoms with E-state index in [9.17, 15) is 9.59 Å². The first kappa shape index (κ1) is 38.0. The van der Waals surface area contributed by atoms with Crippen LogP contribution in [-0.2, 0) is 24.1 Å². The molecule has 9 heteroatoms. The van der Waals surface area contributed by atoms with Crippen molar-refractivity contribution in [1.82, 2.24) is 10.6 Å². The summed E-state index contributed by atoms with van der Waals surface area (Å²) in [6.45, 7) is 2.49. The van der Waals surface area contributed by atoms with E-state index in [1.807, 2.05) is 19.2 Å². The molecule has 0 fully saturated rings. The maximum absolute atomic E-state index is 12.6. The fourth-order valence-corrected chi connectivity index (χ4v) is 6.86. The van der Waals surface area contributed by atoms with Crippen molar-refractivity contribution in [1.29, 1.82) is 0 Å². The Hall–Kier alpha value is -4.79. The third-order valence-electron chi connectivity index (χ3n) is 9.12. The van der Waals surface area contributed by atoms with Gasteiger partial charge in [0.1, 0.15) is 0 Å². The van der Waals surface area contributed by atoms with Crippen molar-refractivity contribution in [2.24, 2.45) is 0 Å². The van der Waals surface area contributed by atoms with Gasteiger partial charge in [0, 0.05) is 12.5 Å². The number of nitrogens with one attached hydrogen (secondary N) is 2. The van der Waals surface area contributed by atoms with Gasteiger partial charge in [-0.15, -0.1) is 12.4 Å². The molecule has 6 rings (SSSR count). The van der Waals surface area contributed by atoms with Crippen LogP contribution >= 0.6 is 12.4 Å². The SMILES string of the molecule is CNCCC=C1c2ccccc2CCc2ccccc21.COc1cc2c(c(OC)c1OC)-c1ccc(OC)c(=O)cc1[C@@H](NC(C)=O)CC2.Cl. The molecule has 2 aliphatic carbocycles. The lowest BCUT2D eigenvalue weighted by Gasteiger charge is -2.19. The molecular weight excluding hydrogens is 652 g/mol. The molecule has 0 aromatic heterocycles. The summed E-state index contributed by atoms with van der Waals surface area (Å²) >= 11 is 0. The van der Waals surface area contributed by atoms with E-state index in [-0.39, 0.29) is 35.5 Å². The van der Waals surface area contributed by atoms with Crippen molar-refractivity contribution in [2.45, 2.75) is 45.1 Å². The molecule has 0 bridgehead atoms. The Labute approximate surface area is 301 Å². The van der Waals surface area contributed by atoms with Crippen molar-refractivity contribution in [3.8, 4) is 34.1 Å². The van der Waals surface area contributed by atoms with Crippen LogP contribution in [0.1, 0.15) is 59.2 Å². The van der Waals surface area contributed by atoms with Crippen LogP contribution < -0.4 is 35.0 Å². The zero-order valence-electron chi connectivity index (χ0n) is 29.7. The van der Waals surface area contributed by atoms with Gasteiger partial charge in [-0.05, 0) is 108 Å². The number of fused-ring (bicyclic) bond motifs is 5. The summed E-state index contributed by atoms with van der Waals surface area (Å²) in [7, 11) is 8.15. The number of rotatable bonds is 8. The van der Waals surface area contributed by atoms with Crippen molar-refractivity contribution in [3.05, 3.63) is 122 Å². The van der Waals surface area contributed by atoms with Crippen LogP contribution in [0.3, 0.4) is 0 Å². The fraction of sp³-hybridized carbons (Fsp3) is 0.317. The van der Waals surface area contributed by atoms with Gasteiger partial charge in [0.25, 0.3) is 0 Å². The average molecular weight is 699 g/mol. The molecule has 0 saturated carbocycles. The second-order valence-corrected chi connectivity index (χ2v) is 12.1. The molecule has 1 amide bonds. The minimum atomic E-state index is -0.332. The molecule has 0 saturated heterocycles. The molecule has 4 aromatic carbocycles. The molecule has 2 N–H and O–H groups in total. The Balaban J connectivity index is 0.000000234. The quantitative estimate of drug-likeness (QED) is 0.189. The molecule has 0 heterocycles. The standard InChI is InChI=1S/C22H25NO6.C19H21N.ClH/c1-12(24)23-16-8-6-13-10-19(27-3)21(28-4)22(29-5)20(13)14-7-9-18(26-2)17(25)11-15(14)16;1-20-14-6-11-19-17-9-4-2-7-15(17)12-13-16-8-3-5-10-18(16)19;/h7,9-11,16H,6,8H2,1-5H3,(H,23,24);2-5,7-11,20H,6,12-14H2,1H3;1H/t16-;;/m0../s1. The summed E-state index contributed by atoms with van der Waals surface area (Å²) in [5, 5.41) is 6.19. The smallest absolute Gasteiger partial charge is 0.220 e. The largest absolute Gasteiger partial charge is 0.493 e. The van der Waals surface area contributed by atoms with E-state index in [0.717, 1.165) is 42.5 Å². The number of methoxy groups -OCH3 is 4. The first-order chi connectivity index (χ1) is 23.8. The number of ether oxygens (including phenoxy) is 4. The van der Waals surface area contributed by atoms with E-state index >= 15 is 0 Å². The van der Waals surface area contributed by atoms with Gasteiger partial charge in [-0.3, -0.25) is 9.59 Å². The van der Waals surface area contributed by atoms with E-state index in [2.05, 4.69) is 65.2 Å². The van der Waals surface area contributed by atoms with Crippen molar-refractivity contribution >= 4 is 23.9 Å². The zero-order chi connectivity index (χ0) is 34.9. The number of amides is 1. The number of halogens is 1. The molecular formula is C41H47ClN2O6.